The van der Waals surface area contributed by atoms with E-state index in [2.05, 4.69) is 0 Å². The Balaban J connectivity index is -0.0000000309. The van der Waals surface area contributed by atoms with Gasteiger partial charge in [0.15, 0.2) is 0 Å². The largest absolute Gasteiger partial charge is 0.356 e. The molecule has 0 heterocycles. The molecule has 0 atom stereocenters. The molecule has 0 amide bonds. The van der Waals surface area contributed by atoms with Gasteiger partial charge in [0.1, 0.15) is 0 Å². The molecule has 0 aromatic heterocycles. The van der Waals surface area contributed by atoms with Crippen LogP contribution in [0.2, 0.25) is 0 Å². The molecule has 0 radical (unpaired) electrons. The molecular formula is CeN6O18-6. The summed E-state index contributed by atoms with van der Waals surface area (Å²) < 4.78 is 0. The maximum Gasteiger partial charge on any atom is 0.0689 e. The van der Waals surface area contributed by atoms with Gasteiger partial charge in [0, 0.05) is 41.7 Å². The molecule has 0 aliphatic carbocycles. The zero-order chi connectivity index (χ0) is 21.5. The SMILES string of the molecule is O=[N+]([O-])[O-].O=[N+]([O-])[O-].O=[N+]([O-])[O-].O=[N+]([O-])[O-].O=[N+]([O-])[O-].O=[N+]([O-])[O-].[Ce]. The van der Waals surface area contributed by atoms with E-state index in [1.165, 1.54) is 0 Å². The van der Waals surface area contributed by atoms with Gasteiger partial charge >= 0.3 is 0 Å². The van der Waals surface area contributed by atoms with Crippen LogP contribution in [-0.4, -0.2) is 30.5 Å². The van der Waals surface area contributed by atoms with Crippen LogP contribution in [0, 0.1) is 134 Å². The molecule has 0 rings (SSSR count). The molecular weight excluding hydrogens is 512 g/mol. The second kappa shape index (κ2) is 37.1. The van der Waals surface area contributed by atoms with Crippen molar-refractivity contribution in [3.63, 3.8) is 0 Å². The molecule has 25 heavy (non-hydrogen) atoms. The van der Waals surface area contributed by atoms with E-state index in [4.69, 9.17) is 91.9 Å². The maximum absolute atomic E-state index is 8.25. The zero-order valence-corrected chi connectivity index (χ0v) is 13.7. The van der Waals surface area contributed by atoms with Crippen LogP contribution in [0.4, 0.5) is 0 Å². The van der Waals surface area contributed by atoms with Gasteiger partial charge in [0.2, 0.25) is 0 Å². The van der Waals surface area contributed by atoms with Crippen LogP contribution in [0.5, 0.6) is 0 Å². The van der Waals surface area contributed by atoms with Gasteiger partial charge in [-0.2, -0.15) is 0 Å². The van der Waals surface area contributed by atoms with Crippen molar-refractivity contribution in [2.45, 2.75) is 0 Å². The molecule has 24 nitrogen and oxygen atoms in total. The van der Waals surface area contributed by atoms with Crippen LogP contribution in [0.3, 0.4) is 0 Å². The third-order valence-corrected chi connectivity index (χ3v) is 0. The molecule has 0 aliphatic heterocycles. The normalized spacial score (nSPS) is 5.76. The van der Waals surface area contributed by atoms with E-state index in [9.17, 15) is 0 Å². The minimum Gasteiger partial charge on any atom is -0.356 e. The van der Waals surface area contributed by atoms with Gasteiger partial charge in [-0.1, -0.05) is 0 Å². The average Bonchev–Trinajstić information content (AvgIpc) is 2.08. The minimum atomic E-state index is -1.75. The Morgan fingerprint density at radius 1 is 0.280 bits per heavy atom. The van der Waals surface area contributed by atoms with Crippen LogP contribution in [-0.2, 0) is 0 Å². The molecule has 25 heteroatoms. The summed E-state index contributed by atoms with van der Waals surface area (Å²) in [5.41, 5.74) is 0. The van der Waals surface area contributed by atoms with Crippen molar-refractivity contribution in [2.24, 2.45) is 0 Å². The maximum atomic E-state index is 8.25. The van der Waals surface area contributed by atoms with Gasteiger partial charge in [-0.15, -0.1) is 0 Å². The average molecular weight is 512 g/mol. The van der Waals surface area contributed by atoms with Gasteiger partial charge in [-0.3, -0.25) is 0 Å². The smallest absolute Gasteiger partial charge is 0.0689 e. The molecule has 0 saturated heterocycles. The first-order valence-corrected chi connectivity index (χ1v) is 3.29. The third-order valence-electron chi connectivity index (χ3n) is 0. The Morgan fingerprint density at radius 3 is 0.280 bits per heavy atom. The summed E-state index contributed by atoms with van der Waals surface area (Å²) in [6, 6.07) is 0. The van der Waals surface area contributed by atoms with Gasteiger partial charge in [0.25, 0.3) is 0 Å². The van der Waals surface area contributed by atoms with E-state index in [1.807, 2.05) is 0 Å². The molecule has 0 spiro atoms. The van der Waals surface area contributed by atoms with E-state index in [-0.39, 0.29) is 41.7 Å². The quantitative estimate of drug-likeness (QED) is 0.265. The van der Waals surface area contributed by atoms with Crippen molar-refractivity contribution in [3.05, 3.63) is 91.9 Å². The second-order valence-corrected chi connectivity index (χ2v) is 1.34. The number of nitrogens with zero attached hydrogens (tertiary/aromatic N) is 6. The fourth-order valence-electron chi connectivity index (χ4n) is 0. The molecule has 0 saturated carbocycles. The number of hydrogen-bond donors (Lipinski definition) is 0. The van der Waals surface area contributed by atoms with E-state index in [0.717, 1.165) is 0 Å². The van der Waals surface area contributed by atoms with E-state index in [0.29, 0.717) is 0 Å². The first kappa shape index (κ1) is 43.0. The summed E-state index contributed by atoms with van der Waals surface area (Å²) in [7, 11) is 0. The van der Waals surface area contributed by atoms with Gasteiger partial charge in [-0.25, -0.2) is 0 Å². The van der Waals surface area contributed by atoms with E-state index in [1.54, 1.807) is 0 Å². The molecule has 0 fully saturated rings. The third kappa shape index (κ3) is 606. The van der Waals surface area contributed by atoms with Crippen LogP contribution in [0.25, 0.3) is 0 Å². The monoisotopic (exact) mass is 512 g/mol. The molecule has 0 aromatic rings. The Kier molecular flexibility index (Phi) is 63.8. The Hall–Kier alpha value is -3.42. The van der Waals surface area contributed by atoms with Crippen molar-refractivity contribution < 1.29 is 72.3 Å². The predicted molar refractivity (Wildman–Crippen MR) is 62.2 cm³/mol. The van der Waals surface area contributed by atoms with E-state index < -0.39 is 30.5 Å². The summed E-state index contributed by atoms with van der Waals surface area (Å²) in [4.78, 5) is 49.5. The molecule has 0 aromatic carbocycles. The first-order valence-electron chi connectivity index (χ1n) is 3.29. The van der Waals surface area contributed by atoms with Gasteiger partial charge in [-0.05, 0) is 0 Å². The van der Waals surface area contributed by atoms with Crippen molar-refractivity contribution >= 4 is 0 Å². The van der Waals surface area contributed by atoms with Crippen LogP contribution >= 0.6 is 0 Å². The van der Waals surface area contributed by atoms with Crippen LogP contribution < -0.4 is 0 Å². The van der Waals surface area contributed by atoms with Crippen molar-refractivity contribution in [2.75, 3.05) is 0 Å². The fourth-order valence-corrected chi connectivity index (χ4v) is 0. The number of hydrogen-bond acceptors (Lipinski definition) is 18. The van der Waals surface area contributed by atoms with Crippen molar-refractivity contribution in [1.29, 1.82) is 0 Å². The molecule has 148 valence electrons. The Morgan fingerprint density at radius 2 is 0.280 bits per heavy atom. The molecule has 0 N–H and O–H groups in total. The summed E-state index contributed by atoms with van der Waals surface area (Å²) in [6.45, 7) is 0. The van der Waals surface area contributed by atoms with Crippen LogP contribution in [0.15, 0.2) is 0 Å². The topological polar surface area (TPSA) is 397 Å². The van der Waals surface area contributed by atoms with Crippen molar-refractivity contribution in [1.82, 2.24) is 0 Å². The predicted octanol–water partition coefficient (Wildman–Crippen LogP) is -1.43. The molecule has 0 aliphatic rings. The molecule has 0 unspecified atom stereocenters. The summed E-state index contributed by atoms with van der Waals surface area (Å²) >= 11 is 0. The van der Waals surface area contributed by atoms with Gasteiger partial charge in [0.05, 0.1) is 30.5 Å². The van der Waals surface area contributed by atoms with E-state index >= 15 is 0 Å². The van der Waals surface area contributed by atoms with Crippen LogP contribution in [0.1, 0.15) is 0 Å². The second-order valence-electron chi connectivity index (χ2n) is 1.34. The summed E-state index contributed by atoms with van der Waals surface area (Å²) in [5.74, 6) is 0. The number of rotatable bonds is 0. The molecule has 0 bridgehead atoms. The first-order chi connectivity index (χ1) is 10.4. The summed E-state index contributed by atoms with van der Waals surface area (Å²) in [6.07, 6.45) is 0. The fraction of sp³-hybridized carbons (Fsp3) is 0. The Labute approximate surface area is 164 Å². The standard InChI is InChI=1S/Ce.6NO3/c;6*2-1(3)4/q;6*-1. The van der Waals surface area contributed by atoms with Gasteiger partial charge < -0.3 is 91.9 Å². The van der Waals surface area contributed by atoms with Crippen molar-refractivity contribution in [3.8, 4) is 0 Å². The summed E-state index contributed by atoms with van der Waals surface area (Å²) in [5, 5.41) is 88.5. The minimum absolute atomic E-state index is 0. The Bertz CT molecular complexity index is 257. The zero-order valence-electron chi connectivity index (χ0n) is 10.5.